The van der Waals surface area contributed by atoms with Crippen LogP contribution in [0.5, 0.6) is 0 Å². The van der Waals surface area contributed by atoms with Crippen LogP contribution in [0.1, 0.15) is 13.8 Å². The van der Waals surface area contributed by atoms with Crippen LogP contribution < -0.4 is 5.73 Å². The Labute approximate surface area is 87.3 Å². The molecule has 0 radical (unpaired) electrons. The lowest BCUT2D eigenvalue weighted by Crippen LogP contribution is -2.46. The fraction of sp³-hybridized carbons (Fsp3) is 0.625. The van der Waals surface area contributed by atoms with Gasteiger partial charge in [-0.3, -0.25) is 4.79 Å². The number of thioether (sulfide) groups is 1. The highest BCUT2D eigenvalue weighted by Crippen LogP contribution is 2.27. The molecule has 0 aliphatic carbocycles. The van der Waals surface area contributed by atoms with Crippen molar-refractivity contribution in [2.45, 2.75) is 24.6 Å². The van der Waals surface area contributed by atoms with Gasteiger partial charge < -0.3 is 10.8 Å². The summed E-state index contributed by atoms with van der Waals surface area (Å²) in [5.41, 5.74) is 6.91. The summed E-state index contributed by atoms with van der Waals surface area (Å²) in [5, 5.41) is 8.69. The predicted molar refractivity (Wildman–Crippen MR) is 57.1 cm³/mol. The van der Waals surface area contributed by atoms with Gasteiger partial charge in [-0.2, -0.15) is 0 Å². The molecular formula is C8H14ClNO2S. The van der Waals surface area contributed by atoms with Gasteiger partial charge in [0.25, 0.3) is 0 Å². The minimum absolute atomic E-state index is 0.484. The molecule has 0 fully saturated rings. The molecule has 0 saturated heterocycles. The fourth-order valence-corrected chi connectivity index (χ4v) is 1.78. The zero-order valence-corrected chi connectivity index (χ0v) is 9.23. The van der Waals surface area contributed by atoms with Crippen LogP contribution in [0.2, 0.25) is 0 Å². The molecule has 3 N–H and O–H groups in total. The second kappa shape index (κ2) is 5.52. The van der Waals surface area contributed by atoms with E-state index in [4.69, 9.17) is 22.4 Å². The number of carbonyl (C=O) groups is 1. The van der Waals surface area contributed by atoms with Crippen molar-refractivity contribution in [1.82, 2.24) is 0 Å². The normalized spacial score (nSPS) is 14.8. The van der Waals surface area contributed by atoms with Gasteiger partial charge in [0.15, 0.2) is 0 Å². The van der Waals surface area contributed by atoms with E-state index in [2.05, 4.69) is 0 Å². The van der Waals surface area contributed by atoms with Gasteiger partial charge in [0.05, 0.1) is 0 Å². The summed E-state index contributed by atoms with van der Waals surface area (Å²) >= 11 is 6.79. The minimum Gasteiger partial charge on any atom is -0.480 e. The summed E-state index contributed by atoms with van der Waals surface area (Å²) in [6.45, 7) is 3.61. The number of aliphatic carboxylic acids is 1. The highest BCUT2D eigenvalue weighted by Gasteiger charge is 2.31. The number of hydrogen-bond acceptors (Lipinski definition) is 3. The molecule has 5 heteroatoms. The Bertz CT molecular complexity index is 206. The summed E-state index contributed by atoms with van der Waals surface area (Å²) in [6.07, 6.45) is 1.75. The Balaban J connectivity index is 4.13. The maximum absolute atomic E-state index is 10.6. The first-order valence-corrected chi connectivity index (χ1v) is 5.21. The van der Waals surface area contributed by atoms with Gasteiger partial charge in [-0.05, 0) is 13.8 Å². The summed E-state index contributed by atoms with van der Waals surface area (Å²) in [6, 6.07) is -0.860. The molecule has 0 aromatic carbocycles. The van der Waals surface area contributed by atoms with Crippen LogP contribution in [0.15, 0.2) is 11.6 Å². The molecule has 3 nitrogen and oxygen atoms in total. The number of halogens is 1. The molecule has 76 valence electrons. The van der Waals surface area contributed by atoms with E-state index < -0.39 is 16.8 Å². The lowest BCUT2D eigenvalue weighted by Gasteiger charge is -2.27. The van der Waals surface area contributed by atoms with Crippen LogP contribution in [-0.2, 0) is 4.79 Å². The minimum atomic E-state index is -0.979. The molecule has 1 atom stereocenters. The maximum Gasteiger partial charge on any atom is 0.321 e. The van der Waals surface area contributed by atoms with Gasteiger partial charge in [-0.1, -0.05) is 17.7 Å². The molecule has 0 unspecified atom stereocenters. The van der Waals surface area contributed by atoms with E-state index in [0.29, 0.717) is 5.75 Å². The largest absolute Gasteiger partial charge is 0.480 e. The number of carboxylic acids is 1. The van der Waals surface area contributed by atoms with Crippen molar-refractivity contribution in [3.05, 3.63) is 11.6 Å². The highest BCUT2D eigenvalue weighted by atomic mass is 35.5. The molecule has 0 bridgehead atoms. The average molecular weight is 224 g/mol. The third-order valence-corrected chi connectivity index (χ3v) is 3.19. The van der Waals surface area contributed by atoms with Crippen LogP contribution in [0, 0.1) is 0 Å². The highest BCUT2D eigenvalue weighted by molar-refractivity contribution is 8.00. The van der Waals surface area contributed by atoms with Gasteiger partial charge in [0.1, 0.15) is 6.04 Å². The van der Waals surface area contributed by atoms with Crippen molar-refractivity contribution in [2.75, 3.05) is 5.75 Å². The first kappa shape index (κ1) is 12.8. The van der Waals surface area contributed by atoms with E-state index in [1.165, 1.54) is 17.3 Å². The second-order valence-electron chi connectivity index (χ2n) is 3.09. The third-order valence-electron chi connectivity index (χ3n) is 1.66. The van der Waals surface area contributed by atoms with Gasteiger partial charge in [0, 0.05) is 16.0 Å². The fourth-order valence-electron chi connectivity index (χ4n) is 0.686. The van der Waals surface area contributed by atoms with Crippen molar-refractivity contribution in [3.63, 3.8) is 0 Å². The first-order chi connectivity index (χ1) is 5.91. The number of carboxylic acid groups (broad SMARTS) is 1. The standard InChI is InChI=1S/C8H14ClNO2S/c1-8(2,6(10)7(11)12)13-5-3-4-9/h3-4,6H,5,10H2,1-2H3,(H,11,12)/b4-3+/t6-/m1/s1. The van der Waals surface area contributed by atoms with E-state index >= 15 is 0 Å². The van der Waals surface area contributed by atoms with E-state index in [0.717, 1.165) is 0 Å². The maximum atomic E-state index is 10.6. The van der Waals surface area contributed by atoms with Gasteiger partial charge in [-0.15, -0.1) is 11.8 Å². The van der Waals surface area contributed by atoms with Crippen LogP contribution in [0.4, 0.5) is 0 Å². The van der Waals surface area contributed by atoms with E-state index in [9.17, 15) is 4.79 Å². The molecule has 0 aromatic rings. The molecule has 0 rings (SSSR count). The zero-order valence-electron chi connectivity index (χ0n) is 7.66. The summed E-state index contributed by atoms with van der Waals surface area (Å²) in [5.74, 6) is -0.315. The molecule has 0 aliphatic heterocycles. The van der Waals surface area contributed by atoms with Crippen LogP contribution in [0.3, 0.4) is 0 Å². The monoisotopic (exact) mass is 223 g/mol. The molecule has 0 saturated carbocycles. The van der Waals surface area contributed by atoms with Gasteiger partial charge in [0.2, 0.25) is 0 Å². The molecule has 0 heterocycles. The van der Waals surface area contributed by atoms with Crippen molar-refractivity contribution in [1.29, 1.82) is 0 Å². The Hall–Kier alpha value is -0.190. The SMILES string of the molecule is CC(C)(SC/C=C/Cl)[C@H](N)C(=O)O. The van der Waals surface area contributed by atoms with Crippen molar-refractivity contribution in [2.24, 2.45) is 5.73 Å². The van der Waals surface area contributed by atoms with E-state index in [1.807, 2.05) is 0 Å². The number of nitrogens with two attached hydrogens (primary N) is 1. The lowest BCUT2D eigenvalue weighted by molar-refractivity contribution is -0.139. The lowest BCUT2D eigenvalue weighted by atomic mass is 10.1. The average Bonchev–Trinajstić information content (AvgIpc) is 2.03. The van der Waals surface area contributed by atoms with E-state index in [-0.39, 0.29) is 0 Å². The molecule has 13 heavy (non-hydrogen) atoms. The van der Waals surface area contributed by atoms with Crippen molar-refractivity contribution >= 4 is 29.3 Å². The quantitative estimate of drug-likeness (QED) is 0.744. The summed E-state index contributed by atoms with van der Waals surface area (Å²) in [4.78, 5) is 10.6. The Kier molecular flexibility index (Phi) is 5.44. The summed E-state index contributed by atoms with van der Waals surface area (Å²) < 4.78 is -0.484. The molecule has 0 aromatic heterocycles. The third kappa shape index (κ3) is 4.55. The number of hydrogen-bond donors (Lipinski definition) is 2. The Morgan fingerprint density at radius 3 is 2.69 bits per heavy atom. The van der Waals surface area contributed by atoms with Crippen LogP contribution >= 0.6 is 23.4 Å². The van der Waals surface area contributed by atoms with E-state index in [1.54, 1.807) is 19.9 Å². The predicted octanol–water partition coefficient (Wildman–Crippen LogP) is 1.66. The molecule has 0 aliphatic rings. The van der Waals surface area contributed by atoms with Crippen LogP contribution in [0.25, 0.3) is 0 Å². The van der Waals surface area contributed by atoms with Gasteiger partial charge >= 0.3 is 5.97 Å². The number of rotatable bonds is 5. The first-order valence-electron chi connectivity index (χ1n) is 3.79. The van der Waals surface area contributed by atoms with Crippen LogP contribution in [-0.4, -0.2) is 27.6 Å². The smallest absolute Gasteiger partial charge is 0.321 e. The second-order valence-corrected chi connectivity index (χ2v) is 5.02. The van der Waals surface area contributed by atoms with Crippen molar-refractivity contribution < 1.29 is 9.90 Å². The van der Waals surface area contributed by atoms with Crippen molar-refractivity contribution in [3.8, 4) is 0 Å². The molecule has 0 spiro atoms. The Morgan fingerprint density at radius 1 is 1.77 bits per heavy atom. The van der Waals surface area contributed by atoms with Gasteiger partial charge in [-0.25, -0.2) is 0 Å². The Morgan fingerprint density at radius 2 is 2.31 bits per heavy atom. The molecule has 0 amide bonds. The zero-order chi connectivity index (χ0) is 10.5. The molecular weight excluding hydrogens is 210 g/mol. The summed E-state index contributed by atoms with van der Waals surface area (Å²) in [7, 11) is 0. The topological polar surface area (TPSA) is 63.3 Å².